The van der Waals surface area contributed by atoms with Gasteiger partial charge in [0.15, 0.2) is 0 Å². The molecule has 44 heavy (non-hydrogen) atoms. The molecule has 1 aliphatic heterocycles. The Kier molecular flexibility index (Phi) is 12.3. The van der Waals surface area contributed by atoms with Crippen LogP contribution in [0.4, 0.5) is 25.0 Å². The summed E-state index contributed by atoms with van der Waals surface area (Å²) >= 11 is 0. The van der Waals surface area contributed by atoms with E-state index in [2.05, 4.69) is 14.9 Å². The fourth-order valence-corrected chi connectivity index (χ4v) is 5.39. The van der Waals surface area contributed by atoms with Gasteiger partial charge in [0, 0.05) is 44.0 Å². The van der Waals surface area contributed by atoms with E-state index >= 15 is 0 Å². The summed E-state index contributed by atoms with van der Waals surface area (Å²) < 4.78 is 59.5. The second kappa shape index (κ2) is 15.7. The number of halogens is 3. The number of rotatable bonds is 11. The summed E-state index contributed by atoms with van der Waals surface area (Å²) in [6.45, 7) is 4.45. The van der Waals surface area contributed by atoms with Crippen LogP contribution in [0.5, 0.6) is 11.5 Å². The second-order valence-electron chi connectivity index (χ2n) is 10.5. The number of carbonyl (C=O) groups excluding carboxylic acids is 1. The molecular formula is C31H36ClF2N5O4S. The molecule has 0 bridgehead atoms. The maximum absolute atomic E-state index is 14.6. The highest BCUT2D eigenvalue weighted by Crippen LogP contribution is 2.26. The first-order valence-electron chi connectivity index (χ1n) is 14.1. The summed E-state index contributed by atoms with van der Waals surface area (Å²) in [5, 5.41) is 12.2. The largest absolute Gasteiger partial charge is 0.457 e. The second-order valence-corrected chi connectivity index (χ2v) is 12.3. The molecule has 4 rings (SSSR count). The minimum atomic E-state index is -3.34. The number of likely N-dealkylation sites (tertiary alicyclic amines) is 1. The molecule has 0 atom stereocenters. The molecule has 13 heteroatoms. The van der Waals surface area contributed by atoms with Gasteiger partial charge in [0.2, 0.25) is 10.0 Å². The molecule has 2 amide bonds. The summed E-state index contributed by atoms with van der Waals surface area (Å²) in [5.41, 5.74) is 1.15. The SMILES string of the molecule is CCCCN(C(=O)NC1CCN(Cc2ccc(Oc3ccc(NS(C)(=O)=O)cc3)cc2)CC1)c1cc(C#N)c(F)cc1F.Cl. The molecule has 0 radical (unpaired) electrons. The fourth-order valence-electron chi connectivity index (χ4n) is 4.83. The number of hydrogen-bond acceptors (Lipinski definition) is 6. The summed E-state index contributed by atoms with van der Waals surface area (Å²) in [5.74, 6) is -0.600. The predicted octanol–water partition coefficient (Wildman–Crippen LogP) is 6.40. The standard InChI is InChI=1S/C31H35F2N5O4S.ClH/c1-3-4-15-38(30-18-23(20-34)28(32)19-29(30)33)31(39)35-24-13-16-37(17-14-24)21-22-5-9-26(10-6-22)42-27-11-7-25(8-12-27)36-43(2,40)41;/h5-12,18-19,24,36H,3-4,13-17,21H2,1-2H3,(H,35,39);1H. The normalized spacial score (nSPS) is 13.8. The topological polar surface area (TPSA) is 115 Å². The number of benzene rings is 3. The number of hydrogen-bond donors (Lipinski definition) is 2. The first-order valence-corrected chi connectivity index (χ1v) is 16.0. The lowest BCUT2D eigenvalue weighted by atomic mass is 10.0. The van der Waals surface area contributed by atoms with Crippen LogP contribution in [0.1, 0.15) is 43.7 Å². The number of sulfonamides is 1. The first kappa shape index (κ1) is 34.6. The van der Waals surface area contributed by atoms with Crippen molar-refractivity contribution < 1.29 is 26.7 Å². The van der Waals surface area contributed by atoms with Crippen LogP contribution in [-0.2, 0) is 16.6 Å². The van der Waals surface area contributed by atoms with Gasteiger partial charge in [0.25, 0.3) is 0 Å². The van der Waals surface area contributed by atoms with Gasteiger partial charge >= 0.3 is 6.03 Å². The van der Waals surface area contributed by atoms with E-state index in [1.165, 1.54) is 4.90 Å². The van der Waals surface area contributed by atoms with Crippen molar-refractivity contribution in [2.75, 3.05) is 35.5 Å². The molecule has 3 aromatic rings. The van der Waals surface area contributed by atoms with Crippen LogP contribution < -0.4 is 19.7 Å². The van der Waals surface area contributed by atoms with Crippen molar-refractivity contribution in [2.24, 2.45) is 0 Å². The van der Waals surface area contributed by atoms with Gasteiger partial charge in [-0.15, -0.1) is 12.4 Å². The maximum atomic E-state index is 14.6. The molecule has 9 nitrogen and oxygen atoms in total. The quantitative estimate of drug-likeness (QED) is 0.249. The average Bonchev–Trinajstić information content (AvgIpc) is 2.96. The Morgan fingerprint density at radius 2 is 1.66 bits per heavy atom. The van der Waals surface area contributed by atoms with Crippen molar-refractivity contribution in [1.82, 2.24) is 10.2 Å². The van der Waals surface area contributed by atoms with E-state index in [4.69, 9.17) is 4.74 Å². The Labute approximate surface area is 263 Å². The van der Waals surface area contributed by atoms with Crippen molar-refractivity contribution in [1.29, 1.82) is 5.26 Å². The third-order valence-electron chi connectivity index (χ3n) is 7.07. The van der Waals surface area contributed by atoms with Crippen molar-refractivity contribution in [3.8, 4) is 17.6 Å². The van der Waals surface area contributed by atoms with Gasteiger partial charge in [-0.05, 0) is 67.3 Å². The number of nitrogens with zero attached hydrogens (tertiary/aromatic N) is 3. The molecule has 236 valence electrons. The molecule has 1 fully saturated rings. The lowest BCUT2D eigenvalue weighted by Crippen LogP contribution is -2.49. The number of urea groups is 1. The van der Waals surface area contributed by atoms with Gasteiger partial charge in [0.1, 0.15) is 29.2 Å². The van der Waals surface area contributed by atoms with Gasteiger partial charge in [-0.25, -0.2) is 22.0 Å². The highest BCUT2D eigenvalue weighted by Gasteiger charge is 2.26. The minimum absolute atomic E-state index is 0. The van der Waals surface area contributed by atoms with Crippen LogP contribution in [0.25, 0.3) is 0 Å². The molecule has 3 aromatic carbocycles. The smallest absolute Gasteiger partial charge is 0.322 e. The van der Waals surface area contributed by atoms with Gasteiger partial charge in [0.05, 0.1) is 17.5 Å². The van der Waals surface area contributed by atoms with E-state index in [0.717, 1.165) is 43.9 Å². The van der Waals surface area contributed by atoms with Crippen LogP contribution >= 0.6 is 12.4 Å². The summed E-state index contributed by atoms with van der Waals surface area (Å²) in [4.78, 5) is 16.7. The van der Waals surface area contributed by atoms with Crippen LogP contribution in [0.2, 0.25) is 0 Å². The zero-order valence-corrected chi connectivity index (χ0v) is 26.2. The van der Waals surface area contributed by atoms with E-state index < -0.39 is 27.7 Å². The summed E-state index contributed by atoms with van der Waals surface area (Å²) in [7, 11) is -3.34. The number of amides is 2. The van der Waals surface area contributed by atoms with E-state index in [0.29, 0.717) is 42.5 Å². The van der Waals surface area contributed by atoms with Crippen LogP contribution in [0.3, 0.4) is 0 Å². The number of nitrogens with one attached hydrogen (secondary N) is 2. The summed E-state index contributed by atoms with van der Waals surface area (Å²) in [6.07, 6.45) is 3.93. The average molecular weight is 648 g/mol. The molecule has 0 spiro atoms. The lowest BCUT2D eigenvalue weighted by Gasteiger charge is -2.34. The Morgan fingerprint density at radius 1 is 1.05 bits per heavy atom. The van der Waals surface area contributed by atoms with Crippen LogP contribution in [0, 0.1) is 23.0 Å². The maximum Gasteiger partial charge on any atom is 0.322 e. The molecule has 1 heterocycles. The number of anilines is 2. The number of piperidine rings is 1. The molecular weight excluding hydrogens is 612 g/mol. The van der Waals surface area contributed by atoms with Gasteiger partial charge in [-0.1, -0.05) is 25.5 Å². The predicted molar refractivity (Wildman–Crippen MR) is 169 cm³/mol. The van der Waals surface area contributed by atoms with E-state index in [1.807, 2.05) is 31.2 Å². The fraction of sp³-hybridized carbons (Fsp3) is 0.355. The van der Waals surface area contributed by atoms with Crippen molar-refractivity contribution in [2.45, 2.75) is 45.2 Å². The molecule has 0 aliphatic carbocycles. The first-order chi connectivity index (χ1) is 20.5. The van der Waals surface area contributed by atoms with Crippen molar-refractivity contribution in [3.05, 3.63) is 83.4 Å². The molecule has 0 aromatic heterocycles. The Hall–Kier alpha value is -3.92. The summed E-state index contributed by atoms with van der Waals surface area (Å²) in [6, 6.07) is 17.3. The van der Waals surface area contributed by atoms with Crippen molar-refractivity contribution >= 4 is 39.8 Å². The number of unbranched alkanes of at least 4 members (excludes halogenated alkanes) is 1. The molecule has 0 unspecified atom stereocenters. The number of nitriles is 1. The van der Waals surface area contributed by atoms with E-state index in [9.17, 15) is 27.3 Å². The highest BCUT2D eigenvalue weighted by atomic mass is 35.5. The Morgan fingerprint density at radius 3 is 2.23 bits per heavy atom. The van der Waals surface area contributed by atoms with Gasteiger partial charge in [-0.2, -0.15) is 5.26 Å². The van der Waals surface area contributed by atoms with Crippen LogP contribution in [0.15, 0.2) is 60.7 Å². The molecule has 1 aliphatic rings. The van der Waals surface area contributed by atoms with E-state index in [-0.39, 0.29) is 36.2 Å². The minimum Gasteiger partial charge on any atom is -0.457 e. The van der Waals surface area contributed by atoms with Gasteiger partial charge in [-0.3, -0.25) is 14.5 Å². The zero-order chi connectivity index (χ0) is 31.0. The molecule has 2 N–H and O–H groups in total. The number of carbonyl (C=O) groups is 1. The Bertz CT molecular complexity index is 1560. The lowest BCUT2D eigenvalue weighted by molar-refractivity contribution is 0.188. The van der Waals surface area contributed by atoms with Crippen molar-refractivity contribution in [3.63, 3.8) is 0 Å². The monoisotopic (exact) mass is 647 g/mol. The zero-order valence-electron chi connectivity index (χ0n) is 24.6. The third kappa shape index (κ3) is 9.80. The highest BCUT2D eigenvalue weighted by molar-refractivity contribution is 7.92. The third-order valence-corrected chi connectivity index (χ3v) is 7.67. The van der Waals surface area contributed by atoms with Crippen LogP contribution in [-0.4, -0.2) is 51.3 Å². The van der Waals surface area contributed by atoms with E-state index in [1.54, 1.807) is 30.3 Å². The van der Waals surface area contributed by atoms with Gasteiger partial charge < -0.3 is 10.1 Å². The molecule has 0 saturated carbocycles. The molecule has 1 saturated heterocycles. The Balaban J connectivity index is 0.00000529. The number of ether oxygens (including phenoxy) is 1.